The predicted octanol–water partition coefficient (Wildman–Crippen LogP) is 1.08. The first-order valence-corrected chi connectivity index (χ1v) is 6.03. The molecule has 1 fully saturated rings. The molecule has 0 radical (unpaired) electrons. The summed E-state index contributed by atoms with van der Waals surface area (Å²) >= 11 is 0. The van der Waals surface area contributed by atoms with E-state index in [1.54, 1.807) is 0 Å². The van der Waals surface area contributed by atoms with Gasteiger partial charge < -0.3 is 10.2 Å². The van der Waals surface area contributed by atoms with Crippen molar-refractivity contribution in [3.8, 4) is 0 Å². The Kier molecular flexibility index (Phi) is 12.6. The fraction of sp³-hybridized carbons (Fsp3) is 0.833. The molecular weight excluding hydrogens is 254 g/mol. The Morgan fingerprint density at radius 3 is 2.17 bits per heavy atom. The topological polar surface area (TPSA) is 74.6 Å². The number of aliphatic carboxylic acids is 2. The number of unbranched alkanes of at least 4 members (excludes halogenated alkanes) is 1. The SMILES string of the molecule is CCCCC1CCCC(C(=O)O)C1C(=O)O.[NaH].[NaH]. The van der Waals surface area contributed by atoms with Crippen LogP contribution in [-0.2, 0) is 9.59 Å². The van der Waals surface area contributed by atoms with Crippen LogP contribution in [0.4, 0.5) is 0 Å². The van der Waals surface area contributed by atoms with Crippen molar-refractivity contribution in [2.24, 2.45) is 17.8 Å². The van der Waals surface area contributed by atoms with Gasteiger partial charge in [-0.25, -0.2) is 0 Å². The Balaban J connectivity index is 0. The van der Waals surface area contributed by atoms with E-state index in [-0.39, 0.29) is 65.0 Å². The Bertz CT molecular complexity index is 271. The predicted molar refractivity (Wildman–Crippen MR) is 73.4 cm³/mol. The summed E-state index contributed by atoms with van der Waals surface area (Å²) in [6.07, 6.45) is 5.07. The van der Waals surface area contributed by atoms with Crippen molar-refractivity contribution in [2.45, 2.75) is 45.4 Å². The Hall–Kier alpha value is 0.940. The number of hydrogen-bond donors (Lipinski definition) is 2. The summed E-state index contributed by atoms with van der Waals surface area (Å²) in [6, 6.07) is 0. The van der Waals surface area contributed by atoms with Crippen molar-refractivity contribution in [1.82, 2.24) is 0 Å². The van der Waals surface area contributed by atoms with Gasteiger partial charge in [0.1, 0.15) is 0 Å². The molecule has 0 aromatic rings. The quantitative estimate of drug-likeness (QED) is 0.737. The zero-order valence-corrected chi connectivity index (χ0v) is 9.69. The molecular formula is C12H22Na2O4. The van der Waals surface area contributed by atoms with Crippen LogP contribution in [-0.4, -0.2) is 81.3 Å². The van der Waals surface area contributed by atoms with E-state index in [1.807, 2.05) is 0 Å². The fourth-order valence-corrected chi connectivity index (χ4v) is 2.73. The maximum absolute atomic E-state index is 11.2. The van der Waals surface area contributed by atoms with Gasteiger partial charge in [0, 0.05) is 0 Å². The standard InChI is InChI=1S/C12H20O4.2Na.2H/c1-2-3-5-8-6-4-7-9(11(13)14)10(8)12(15)16;;;;/h8-10H,2-7H2,1H3,(H,13,14)(H,15,16);;;;. The van der Waals surface area contributed by atoms with Gasteiger partial charge in [-0.05, 0) is 25.2 Å². The van der Waals surface area contributed by atoms with Gasteiger partial charge in [0.15, 0.2) is 0 Å². The van der Waals surface area contributed by atoms with Gasteiger partial charge in [-0.3, -0.25) is 9.59 Å². The van der Waals surface area contributed by atoms with E-state index >= 15 is 0 Å². The van der Waals surface area contributed by atoms with E-state index in [4.69, 9.17) is 10.2 Å². The zero-order chi connectivity index (χ0) is 12.1. The monoisotopic (exact) mass is 276 g/mol. The molecule has 2 N–H and O–H groups in total. The van der Waals surface area contributed by atoms with Crippen LogP contribution in [0.25, 0.3) is 0 Å². The van der Waals surface area contributed by atoms with Crippen molar-refractivity contribution in [3.63, 3.8) is 0 Å². The van der Waals surface area contributed by atoms with Crippen LogP contribution in [0.5, 0.6) is 0 Å². The molecule has 0 bridgehead atoms. The molecule has 6 heteroatoms. The fourth-order valence-electron chi connectivity index (χ4n) is 2.73. The van der Waals surface area contributed by atoms with Gasteiger partial charge in [-0.15, -0.1) is 0 Å². The van der Waals surface area contributed by atoms with Gasteiger partial charge in [-0.1, -0.05) is 26.2 Å². The number of rotatable bonds is 5. The molecule has 1 aliphatic rings. The van der Waals surface area contributed by atoms with Crippen LogP contribution >= 0.6 is 0 Å². The first-order chi connectivity index (χ1) is 7.57. The van der Waals surface area contributed by atoms with E-state index < -0.39 is 23.8 Å². The van der Waals surface area contributed by atoms with Crippen molar-refractivity contribution >= 4 is 71.1 Å². The third-order valence-corrected chi connectivity index (χ3v) is 3.56. The molecule has 0 spiro atoms. The minimum atomic E-state index is -0.950. The van der Waals surface area contributed by atoms with Crippen molar-refractivity contribution in [2.75, 3.05) is 0 Å². The third-order valence-electron chi connectivity index (χ3n) is 3.56. The summed E-state index contributed by atoms with van der Waals surface area (Å²) in [5, 5.41) is 18.2. The molecule has 0 saturated heterocycles. The summed E-state index contributed by atoms with van der Waals surface area (Å²) in [5.74, 6) is -3.21. The van der Waals surface area contributed by atoms with Crippen LogP contribution in [0.3, 0.4) is 0 Å². The van der Waals surface area contributed by atoms with Crippen LogP contribution in [0.1, 0.15) is 45.4 Å². The van der Waals surface area contributed by atoms with Crippen LogP contribution < -0.4 is 0 Å². The number of carboxylic acids is 2. The Labute approximate surface area is 152 Å². The summed E-state index contributed by atoms with van der Waals surface area (Å²) in [7, 11) is 0. The third kappa shape index (κ3) is 5.93. The molecule has 3 atom stereocenters. The average molecular weight is 276 g/mol. The second kappa shape index (κ2) is 10.7. The summed E-state index contributed by atoms with van der Waals surface area (Å²) < 4.78 is 0. The number of carboxylic acid groups (broad SMARTS) is 2. The Morgan fingerprint density at radius 2 is 1.72 bits per heavy atom. The van der Waals surface area contributed by atoms with Gasteiger partial charge >= 0.3 is 71.1 Å². The van der Waals surface area contributed by atoms with E-state index in [9.17, 15) is 9.59 Å². The van der Waals surface area contributed by atoms with Crippen LogP contribution in [0.15, 0.2) is 0 Å². The van der Waals surface area contributed by atoms with Crippen molar-refractivity contribution in [1.29, 1.82) is 0 Å². The molecule has 0 aromatic heterocycles. The molecule has 4 nitrogen and oxygen atoms in total. The van der Waals surface area contributed by atoms with Crippen molar-refractivity contribution in [3.05, 3.63) is 0 Å². The molecule has 1 rings (SSSR count). The van der Waals surface area contributed by atoms with Gasteiger partial charge in [0.05, 0.1) is 11.8 Å². The van der Waals surface area contributed by atoms with Gasteiger partial charge in [0.25, 0.3) is 0 Å². The normalized spacial score (nSPS) is 26.6. The number of hydrogen-bond acceptors (Lipinski definition) is 2. The molecule has 96 valence electrons. The van der Waals surface area contributed by atoms with Crippen LogP contribution in [0.2, 0.25) is 0 Å². The van der Waals surface area contributed by atoms with E-state index in [0.29, 0.717) is 6.42 Å². The maximum atomic E-state index is 11.2. The molecule has 0 aliphatic heterocycles. The minimum absolute atomic E-state index is 0. The van der Waals surface area contributed by atoms with Gasteiger partial charge in [0.2, 0.25) is 0 Å². The first kappa shape index (κ1) is 21.2. The van der Waals surface area contributed by atoms with E-state index in [2.05, 4.69) is 6.92 Å². The molecule has 0 aromatic carbocycles. The summed E-state index contributed by atoms with van der Waals surface area (Å²) in [6.45, 7) is 2.06. The van der Waals surface area contributed by atoms with Crippen molar-refractivity contribution < 1.29 is 19.8 Å². The zero-order valence-electron chi connectivity index (χ0n) is 9.69. The molecule has 1 aliphatic carbocycles. The molecule has 0 amide bonds. The second-order valence-electron chi connectivity index (χ2n) is 4.64. The molecule has 0 heterocycles. The molecule has 3 unspecified atom stereocenters. The van der Waals surface area contributed by atoms with Crippen LogP contribution in [0, 0.1) is 17.8 Å². The second-order valence-corrected chi connectivity index (χ2v) is 4.64. The number of carbonyl (C=O) groups is 2. The first-order valence-electron chi connectivity index (χ1n) is 6.03. The summed E-state index contributed by atoms with van der Waals surface area (Å²) in [5.41, 5.74) is 0. The van der Waals surface area contributed by atoms with Gasteiger partial charge in [-0.2, -0.15) is 0 Å². The molecule has 1 saturated carbocycles. The summed E-state index contributed by atoms with van der Waals surface area (Å²) in [4.78, 5) is 22.2. The molecule has 18 heavy (non-hydrogen) atoms. The van der Waals surface area contributed by atoms with E-state index in [1.165, 1.54) is 0 Å². The Morgan fingerprint density at radius 1 is 1.11 bits per heavy atom. The average Bonchev–Trinajstić information content (AvgIpc) is 2.25. The van der Waals surface area contributed by atoms with E-state index in [0.717, 1.165) is 32.1 Å².